The van der Waals surface area contributed by atoms with Crippen molar-refractivity contribution in [2.75, 3.05) is 0 Å². The first-order valence-electron chi connectivity index (χ1n) is 7.96. The molecule has 0 radical (unpaired) electrons. The van der Waals surface area contributed by atoms with E-state index in [1.54, 1.807) is 11.3 Å². The first-order chi connectivity index (χ1) is 10.9. The summed E-state index contributed by atoms with van der Waals surface area (Å²) >= 11 is 1.77. The highest BCUT2D eigenvalue weighted by Gasteiger charge is 2.22. The molecule has 6 nitrogen and oxygen atoms in total. The third kappa shape index (κ3) is 2.78. The highest BCUT2D eigenvalue weighted by atomic mass is 32.1. The van der Waals surface area contributed by atoms with Crippen LogP contribution in [0.3, 0.4) is 0 Å². The van der Waals surface area contributed by atoms with E-state index in [1.165, 1.54) is 42.7 Å². The Morgan fingerprint density at radius 1 is 1.14 bits per heavy atom. The maximum absolute atomic E-state index is 4.45. The predicted octanol–water partition coefficient (Wildman–Crippen LogP) is 2.47. The largest absolute Gasteiger partial charge is 0.288 e. The number of amidine groups is 1. The van der Waals surface area contributed by atoms with Gasteiger partial charge in [-0.15, -0.1) is 20.8 Å². The lowest BCUT2D eigenvalue weighted by molar-refractivity contribution is 0.440. The second-order valence-electron chi connectivity index (χ2n) is 6.00. The Morgan fingerprint density at radius 2 is 2.05 bits per heavy atom. The molecule has 3 N–H and O–H groups in total. The van der Waals surface area contributed by atoms with Crippen molar-refractivity contribution in [1.82, 2.24) is 26.7 Å². The van der Waals surface area contributed by atoms with Crippen LogP contribution in [0, 0.1) is 5.92 Å². The van der Waals surface area contributed by atoms with E-state index in [2.05, 4.69) is 50.0 Å². The normalized spacial score (nSPS) is 25.4. The van der Waals surface area contributed by atoms with Gasteiger partial charge in [0, 0.05) is 17.4 Å². The van der Waals surface area contributed by atoms with Crippen molar-refractivity contribution >= 4 is 22.7 Å². The number of hydrazine groups is 2. The Morgan fingerprint density at radius 3 is 2.77 bits per heavy atom. The molecule has 0 saturated heterocycles. The number of hydrogen-bond donors (Lipinski definition) is 3. The molecule has 2 aliphatic carbocycles. The van der Waals surface area contributed by atoms with Gasteiger partial charge in [0.25, 0.3) is 0 Å². The number of hydrazone groups is 1. The van der Waals surface area contributed by atoms with Crippen molar-refractivity contribution in [3.63, 3.8) is 0 Å². The Balaban J connectivity index is 1.44. The zero-order chi connectivity index (χ0) is 14.8. The molecule has 2 heterocycles. The molecule has 1 saturated carbocycles. The van der Waals surface area contributed by atoms with Crippen LogP contribution < -0.4 is 16.5 Å². The average Bonchev–Trinajstić information content (AvgIpc) is 3.28. The molecule has 1 atom stereocenters. The van der Waals surface area contributed by atoms with Gasteiger partial charge in [0.1, 0.15) is 15.9 Å². The average molecular weight is 316 g/mol. The summed E-state index contributed by atoms with van der Waals surface area (Å²) in [5.74, 6) is 1.85. The summed E-state index contributed by atoms with van der Waals surface area (Å²) in [6.07, 6.45) is 14.1. The molecular formula is C15H20N6S. The quantitative estimate of drug-likeness (QED) is 0.799. The van der Waals surface area contributed by atoms with Crippen LogP contribution in [-0.2, 0) is 0 Å². The van der Waals surface area contributed by atoms with Crippen molar-refractivity contribution in [3.05, 3.63) is 28.2 Å². The maximum atomic E-state index is 4.45. The molecule has 1 aromatic heterocycles. The van der Waals surface area contributed by atoms with E-state index < -0.39 is 0 Å². The zero-order valence-electron chi connectivity index (χ0n) is 12.4. The fourth-order valence-electron chi connectivity index (χ4n) is 3.23. The minimum absolute atomic E-state index is 0.289. The molecule has 116 valence electrons. The number of nitrogens with one attached hydrogen (secondary N) is 3. The lowest BCUT2D eigenvalue weighted by atomic mass is 9.90. The minimum atomic E-state index is 0.289. The lowest BCUT2D eigenvalue weighted by Crippen LogP contribution is -2.37. The van der Waals surface area contributed by atoms with Crippen LogP contribution in [0.15, 0.2) is 23.3 Å². The van der Waals surface area contributed by atoms with Gasteiger partial charge in [-0.2, -0.15) is 0 Å². The molecule has 7 heteroatoms. The SMILES string of the molecule is C1=CC(C2=NNNN2)CC=C1c1nnc(C2CCCCC2)s1. The van der Waals surface area contributed by atoms with E-state index in [9.17, 15) is 0 Å². The third-order valence-corrected chi connectivity index (χ3v) is 5.65. The summed E-state index contributed by atoms with van der Waals surface area (Å²) in [4.78, 5) is 0. The maximum Gasteiger partial charge on any atom is 0.147 e. The molecule has 1 unspecified atom stereocenters. The van der Waals surface area contributed by atoms with Crippen LogP contribution in [0.4, 0.5) is 0 Å². The van der Waals surface area contributed by atoms with E-state index in [0.717, 1.165) is 17.3 Å². The molecule has 0 aromatic carbocycles. The molecule has 1 fully saturated rings. The van der Waals surface area contributed by atoms with Crippen molar-refractivity contribution in [2.45, 2.75) is 44.4 Å². The van der Waals surface area contributed by atoms with Gasteiger partial charge in [-0.3, -0.25) is 5.43 Å². The third-order valence-electron chi connectivity index (χ3n) is 4.52. The van der Waals surface area contributed by atoms with Crippen molar-refractivity contribution in [1.29, 1.82) is 0 Å². The second kappa shape index (κ2) is 6.18. The van der Waals surface area contributed by atoms with E-state index in [4.69, 9.17) is 0 Å². The Hall–Kier alpha value is -1.73. The summed E-state index contributed by atoms with van der Waals surface area (Å²) in [6, 6.07) is 0. The van der Waals surface area contributed by atoms with Crippen LogP contribution in [0.1, 0.15) is 54.5 Å². The summed E-state index contributed by atoms with van der Waals surface area (Å²) in [5, 5.41) is 15.3. The van der Waals surface area contributed by atoms with Crippen LogP contribution in [0.25, 0.3) is 5.57 Å². The van der Waals surface area contributed by atoms with Gasteiger partial charge in [0.2, 0.25) is 0 Å². The smallest absolute Gasteiger partial charge is 0.147 e. The molecule has 3 aliphatic rings. The number of nitrogens with zero attached hydrogens (tertiary/aromatic N) is 3. The van der Waals surface area contributed by atoms with Crippen LogP contribution in [-0.4, -0.2) is 16.0 Å². The molecule has 1 aliphatic heterocycles. The first kappa shape index (κ1) is 13.9. The van der Waals surface area contributed by atoms with Crippen molar-refractivity contribution in [3.8, 4) is 0 Å². The minimum Gasteiger partial charge on any atom is -0.288 e. The molecule has 0 spiro atoms. The summed E-state index contributed by atoms with van der Waals surface area (Å²) < 4.78 is 0. The fraction of sp³-hybridized carbons (Fsp3) is 0.533. The van der Waals surface area contributed by atoms with Gasteiger partial charge in [0.15, 0.2) is 0 Å². The Kier molecular flexibility index (Phi) is 3.90. The number of hydrogen-bond acceptors (Lipinski definition) is 7. The number of aromatic nitrogens is 2. The summed E-state index contributed by atoms with van der Waals surface area (Å²) in [6.45, 7) is 0. The van der Waals surface area contributed by atoms with Crippen LogP contribution in [0.5, 0.6) is 0 Å². The monoisotopic (exact) mass is 316 g/mol. The van der Waals surface area contributed by atoms with Gasteiger partial charge in [-0.25, -0.2) is 5.53 Å². The first-order valence-corrected chi connectivity index (χ1v) is 8.77. The van der Waals surface area contributed by atoms with Gasteiger partial charge in [0.05, 0.1) is 0 Å². The molecule has 0 bridgehead atoms. The van der Waals surface area contributed by atoms with Crippen LogP contribution >= 0.6 is 11.3 Å². The highest BCUT2D eigenvalue weighted by Crippen LogP contribution is 2.36. The van der Waals surface area contributed by atoms with E-state index in [0.29, 0.717) is 5.92 Å². The Bertz CT molecular complexity index is 626. The highest BCUT2D eigenvalue weighted by molar-refractivity contribution is 7.12. The zero-order valence-corrected chi connectivity index (χ0v) is 13.2. The predicted molar refractivity (Wildman–Crippen MR) is 87.8 cm³/mol. The van der Waals surface area contributed by atoms with E-state index in [-0.39, 0.29) is 5.92 Å². The van der Waals surface area contributed by atoms with E-state index >= 15 is 0 Å². The fourth-order valence-corrected chi connectivity index (χ4v) is 4.26. The van der Waals surface area contributed by atoms with Gasteiger partial charge < -0.3 is 0 Å². The Labute approximate surface area is 133 Å². The number of rotatable bonds is 3. The molecule has 0 amide bonds. The van der Waals surface area contributed by atoms with Gasteiger partial charge in [-0.05, 0) is 19.3 Å². The molecule has 22 heavy (non-hydrogen) atoms. The summed E-state index contributed by atoms with van der Waals surface area (Å²) in [7, 11) is 0. The molecule has 1 aromatic rings. The van der Waals surface area contributed by atoms with Crippen molar-refractivity contribution in [2.24, 2.45) is 11.0 Å². The molecular weight excluding hydrogens is 296 g/mol. The number of allylic oxidation sites excluding steroid dienone is 3. The second-order valence-corrected chi connectivity index (χ2v) is 7.01. The van der Waals surface area contributed by atoms with Crippen molar-refractivity contribution < 1.29 is 0 Å². The molecule has 4 rings (SSSR count). The van der Waals surface area contributed by atoms with Gasteiger partial charge >= 0.3 is 0 Å². The lowest BCUT2D eigenvalue weighted by Gasteiger charge is -2.18. The van der Waals surface area contributed by atoms with E-state index in [1.807, 2.05) is 0 Å². The van der Waals surface area contributed by atoms with Crippen LogP contribution in [0.2, 0.25) is 0 Å². The topological polar surface area (TPSA) is 74.2 Å². The van der Waals surface area contributed by atoms with Gasteiger partial charge in [-0.1, -0.05) is 48.8 Å². The summed E-state index contributed by atoms with van der Waals surface area (Å²) in [5.41, 5.74) is 9.68. The standard InChI is InChI=1S/C15H20N6S/c1-2-4-11(5-3-1)14-18-19-15(22-14)12-8-6-10(7-9-12)13-16-20-21-17-13/h6,8-11,20-21H,1-5,7H2,(H,16,17).